The van der Waals surface area contributed by atoms with E-state index >= 15 is 0 Å². The summed E-state index contributed by atoms with van der Waals surface area (Å²) in [5, 5.41) is 0. The molecule has 1 atom stereocenters. The third-order valence-corrected chi connectivity index (χ3v) is 10.5. The third kappa shape index (κ3) is 46.0. The summed E-state index contributed by atoms with van der Waals surface area (Å²) in [5.74, 6) is -0.988. The Morgan fingerprint density at radius 3 is 1.14 bits per heavy atom. The number of carbonyl (C=O) groups is 3. The van der Waals surface area contributed by atoms with Crippen molar-refractivity contribution in [3.63, 3.8) is 0 Å². The Morgan fingerprint density at radius 2 is 0.695 bits per heavy atom. The molecule has 6 nitrogen and oxygen atoms in total. The fraction of sp³-hybridized carbons (Fsp3) is 0.755. The predicted molar refractivity (Wildman–Crippen MR) is 251 cm³/mol. The van der Waals surface area contributed by atoms with E-state index in [1.807, 2.05) is 6.08 Å². The molecule has 6 heteroatoms. The molecule has 0 saturated carbocycles. The molecule has 0 aliphatic rings. The van der Waals surface area contributed by atoms with Gasteiger partial charge in [0.1, 0.15) is 13.2 Å². The van der Waals surface area contributed by atoms with Crippen molar-refractivity contribution in [3.05, 3.63) is 60.8 Å². The van der Waals surface area contributed by atoms with Crippen LogP contribution in [0.25, 0.3) is 0 Å². The van der Waals surface area contributed by atoms with E-state index in [1.165, 1.54) is 109 Å². The van der Waals surface area contributed by atoms with Crippen molar-refractivity contribution >= 4 is 17.9 Å². The Morgan fingerprint density at radius 1 is 0.356 bits per heavy atom. The number of rotatable bonds is 44. The molecule has 0 N–H and O–H groups in total. The fourth-order valence-corrected chi connectivity index (χ4v) is 6.80. The first-order chi connectivity index (χ1) is 29.0. The predicted octanol–water partition coefficient (Wildman–Crippen LogP) is 16.1. The maximum atomic E-state index is 12.8. The van der Waals surface area contributed by atoms with Crippen molar-refractivity contribution in [2.75, 3.05) is 13.2 Å². The number of carbonyl (C=O) groups excluding carboxylic acids is 3. The Hall–Kier alpha value is -2.89. The van der Waals surface area contributed by atoms with Crippen LogP contribution in [-0.2, 0) is 28.6 Å². The van der Waals surface area contributed by atoms with Gasteiger partial charge in [0, 0.05) is 19.3 Å². The fourth-order valence-electron chi connectivity index (χ4n) is 6.80. The monoisotopic (exact) mass is 825 g/mol. The quantitative estimate of drug-likeness (QED) is 0.0263. The van der Waals surface area contributed by atoms with E-state index in [4.69, 9.17) is 14.2 Å². The van der Waals surface area contributed by atoms with Crippen molar-refractivity contribution in [2.45, 2.75) is 245 Å². The van der Waals surface area contributed by atoms with Crippen molar-refractivity contribution in [1.82, 2.24) is 0 Å². The lowest BCUT2D eigenvalue weighted by Crippen LogP contribution is -2.30. The highest BCUT2D eigenvalue weighted by Crippen LogP contribution is 2.15. The summed E-state index contributed by atoms with van der Waals surface area (Å²) in [6.45, 7) is 6.45. The highest BCUT2D eigenvalue weighted by molar-refractivity contribution is 5.71. The largest absolute Gasteiger partial charge is 0.462 e. The first-order valence-electron chi connectivity index (χ1n) is 24.8. The second-order valence-corrected chi connectivity index (χ2v) is 16.3. The smallest absolute Gasteiger partial charge is 0.306 e. The zero-order valence-corrected chi connectivity index (χ0v) is 38.8. The van der Waals surface area contributed by atoms with E-state index in [-0.39, 0.29) is 37.5 Å². The van der Waals surface area contributed by atoms with Gasteiger partial charge in [-0.25, -0.2) is 0 Å². The van der Waals surface area contributed by atoms with Crippen molar-refractivity contribution in [3.8, 4) is 0 Å². The highest BCUT2D eigenvalue weighted by Gasteiger charge is 2.19. The first kappa shape index (κ1) is 56.1. The van der Waals surface area contributed by atoms with E-state index in [0.29, 0.717) is 19.3 Å². The van der Waals surface area contributed by atoms with Gasteiger partial charge in [-0.15, -0.1) is 0 Å². The zero-order valence-electron chi connectivity index (χ0n) is 38.8. The standard InChI is InChI=1S/C53H92O6/c1-4-7-10-13-16-19-22-25-28-31-34-37-40-43-46-52(55)58-49-50(48-57-51(54)45-42-39-36-33-30-27-24-21-18-15-12-9-6-3)59-53(56)47-44-41-38-35-32-29-26-23-20-17-14-11-8-5-2/h7,10,16,19,25,27-28,30,36,39,50H,4-6,8-9,11-15,17-18,20-24,26,29,31-35,37-38,40-49H2,1-3H3/b10-7+,19-16+,28-25+,30-27+,39-36+. The highest BCUT2D eigenvalue weighted by atomic mass is 16.6. The molecular formula is C53H92O6. The molecule has 0 bridgehead atoms. The van der Waals surface area contributed by atoms with Crippen LogP contribution in [0.5, 0.6) is 0 Å². The maximum absolute atomic E-state index is 12.8. The molecule has 340 valence electrons. The molecule has 0 aliphatic heterocycles. The summed E-state index contributed by atoms with van der Waals surface area (Å²) in [6, 6.07) is 0. The summed E-state index contributed by atoms with van der Waals surface area (Å²) in [7, 11) is 0. The molecule has 1 unspecified atom stereocenters. The molecule has 0 fully saturated rings. The van der Waals surface area contributed by atoms with Gasteiger partial charge in [-0.2, -0.15) is 0 Å². The van der Waals surface area contributed by atoms with Gasteiger partial charge in [0.05, 0.1) is 0 Å². The Balaban J connectivity index is 4.47. The molecule has 0 heterocycles. The Labute approximate surface area is 364 Å². The molecule has 0 radical (unpaired) electrons. The number of hydrogen-bond acceptors (Lipinski definition) is 6. The van der Waals surface area contributed by atoms with Crippen molar-refractivity contribution < 1.29 is 28.6 Å². The van der Waals surface area contributed by atoms with Gasteiger partial charge in [-0.05, 0) is 70.6 Å². The minimum absolute atomic E-state index is 0.101. The average molecular weight is 825 g/mol. The van der Waals surface area contributed by atoms with E-state index in [2.05, 4.69) is 75.5 Å². The molecule has 0 aliphatic carbocycles. The molecule has 0 rings (SSSR count). The molecule has 0 spiro atoms. The van der Waals surface area contributed by atoms with Gasteiger partial charge >= 0.3 is 17.9 Å². The zero-order chi connectivity index (χ0) is 43.0. The van der Waals surface area contributed by atoms with Crippen LogP contribution < -0.4 is 0 Å². The van der Waals surface area contributed by atoms with Gasteiger partial charge in [0.15, 0.2) is 6.10 Å². The number of esters is 3. The van der Waals surface area contributed by atoms with Crippen LogP contribution in [0, 0.1) is 0 Å². The van der Waals surface area contributed by atoms with E-state index < -0.39 is 6.10 Å². The van der Waals surface area contributed by atoms with Crippen LogP contribution in [0.4, 0.5) is 0 Å². The molecule has 0 saturated heterocycles. The van der Waals surface area contributed by atoms with Crippen molar-refractivity contribution in [2.24, 2.45) is 0 Å². The maximum Gasteiger partial charge on any atom is 0.306 e. The molecule has 0 aromatic carbocycles. The summed E-state index contributed by atoms with van der Waals surface area (Å²) in [4.78, 5) is 37.8. The van der Waals surface area contributed by atoms with Gasteiger partial charge in [0.2, 0.25) is 0 Å². The second-order valence-electron chi connectivity index (χ2n) is 16.3. The van der Waals surface area contributed by atoms with Crippen LogP contribution in [0.1, 0.15) is 239 Å². The summed E-state index contributed by atoms with van der Waals surface area (Å²) in [6.07, 6.45) is 57.8. The third-order valence-electron chi connectivity index (χ3n) is 10.5. The van der Waals surface area contributed by atoms with Crippen LogP contribution in [0.2, 0.25) is 0 Å². The SMILES string of the molecule is CC/C=C/C/C=C/C/C=C/CCCCCCC(=O)OCC(COC(=O)CC/C=C/C/C=C/CCCCCCCC)OC(=O)CCCCCCCCCCCCCCCC. The summed E-state index contributed by atoms with van der Waals surface area (Å²) in [5.41, 5.74) is 0. The number of ether oxygens (including phenoxy) is 3. The van der Waals surface area contributed by atoms with Crippen LogP contribution in [0.3, 0.4) is 0 Å². The molecular weight excluding hydrogens is 733 g/mol. The minimum atomic E-state index is -0.802. The van der Waals surface area contributed by atoms with Crippen molar-refractivity contribution in [1.29, 1.82) is 0 Å². The van der Waals surface area contributed by atoms with Gasteiger partial charge < -0.3 is 14.2 Å². The Kier molecular flexibility index (Phi) is 45.4. The van der Waals surface area contributed by atoms with Crippen LogP contribution >= 0.6 is 0 Å². The first-order valence-corrected chi connectivity index (χ1v) is 24.8. The normalized spacial score (nSPS) is 12.5. The number of allylic oxidation sites excluding steroid dienone is 10. The van der Waals surface area contributed by atoms with Gasteiger partial charge in [-0.1, -0.05) is 210 Å². The second kappa shape index (κ2) is 47.8. The topological polar surface area (TPSA) is 78.9 Å². The minimum Gasteiger partial charge on any atom is -0.462 e. The lowest BCUT2D eigenvalue weighted by atomic mass is 10.0. The number of unbranched alkanes of at least 4 members (excludes halogenated alkanes) is 23. The lowest BCUT2D eigenvalue weighted by molar-refractivity contribution is -0.166. The van der Waals surface area contributed by atoms with Crippen LogP contribution in [-0.4, -0.2) is 37.2 Å². The number of hydrogen-bond donors (Lipinski definition) is 0. The molecule has 0 amide bonds. The van der Waals surface area contributed by atoms with E-state index in [1.54, 1.807) is 0 Å². The van der Waals surface area contributed by atoms with Crippen LogP contribution in [0.15, 0.2) is 60.8 Å². The summed E-state index contributed by atoms with van der Waals surface area (Å²) < 4.78 is 16.7. The van der Waals surface area contributed by atoms with E-state index in [9.17, 15) is 14.4 Å². The molecule has 0 aromatic heterocycles. The lowest BCUT2D eigenvalue weighted by Gasteiger charge is -2.18. The van der Waals surface area contributed by atoms with E-state index in [0.717, 1.165) is 83.5 Å². The molecule has 59 heavy (non-hydrogen) atoms. The molecule has 0 aromatic rings. The average Bonchev–Trinajstić information content (AvgIpc) is 3.23. The Bertz CT molecular complexity index is 1090. The summed E-state index contributed by atoms with van der Waals surface area (Å²) >= 11 is 0. The van der Waals surface area contributed by atoms with Gasteiger partial charge in [-0.3, -0.25) is 14.4 Å². The van der Waals surface area contributed by atoms with Gasteiger partial charge in [0.25, 0.3) is 0 Å².